The second-order valence-electron chi connectivity index (χ2n) is 4.42. The van der Waals surface area contributed by atoms with Crippen molar-refractivity contribution in [1.29, 1.82) is 0 Å². The lowest BCUT2D eigenvalue weighted by Crippen LogP contribution is -2.44. The minimum absolute atomic E-state index is 0.0437. The number of anilines is 3. The predicted molar refractivity (Wildman–Crippen MR) is 71.7 cm³/mol. The van der Waals surface area contributed by atoms with Crippen LogP contribution in [0.1, 0.15) is 0 Å². The Hall–Kier alpha value is -1.60. The van der Waals surface area contributed by atoms with Crippen LogP contribution in [0.3, 0.4) is 0 Å². The van der Waals surface area contributed by atoms with Crippen molar-refractivity contribution in [1.82, 2.24) is 14.9 Å². The number of nitrogens with one attached hydrogen (secondary N) is 1. The number of nitrogen functional groups attached to an aromatic ring is 1. The first-order chi connectivity index (χ1) is 8.69. The number of nitrogens with zero attached hydrogens (tertiary/aromatic N) is 4. The highest BCUT2D eigenvalue weighted by Gasteiger charge is 2.16. The molecule has 18 heavy (non-hydrogen) atoms. The van der Waals surface area contributed by atoms with E-state index >= 15 is 0 Å². The molecule has 0 aromatic carbocycles. The van der Waals surface area contributed by atoms with Crippen molar-refractivity contribution in [2.75, 3.05) is 62.3 Å². The third kappa shape index (κ3) is 3.21. The first-order valence-electron chi connectivity index (χ1n) is 6.12. The number of aromatic nitrogens is 2. The molecule has 1 saturated heterocycles. The molecule has 100 valence electrons. The summed E-state index contributed by atoms with van der Waals surface area (Å²) in [6.07, 6.45) is 0. The third-order valence-electron chi connectivity index (χ3n) is 2.95. The maximum Gasteiger partial charge on any atom is 0.226 e. The van der Waals surface area contributed by atoms with Gasteiger partial charge in [-0.2, -0.15) is 9.97 Å². The minimum Gasteiger partial charge on any atom is -0.395 e. The highest BCUT2D eigenvalue weighted by Crippen LogP contribution is 2.17. The van der Waals surface area contributed by atoms with Gasteiger partial charge in [-0.15, -0.1) is 0 Å². The van der Waals surface area contributed by atoms with Crippen LogP contribution < -0.4 is 16.0 Å². The van der Waals surface area contributed by atoms with Crippen LogP contribution in [0.25, 0.3) is 0 Å². The Morgan fingerprint density at radius 2 is 2.06 bits per heavy atom. The topological polar surface area (TPSA) is 90.5 Å². The Labute approximate surface area is 107 Å². The van der Waals surface area contributed by atoms with Gasteiger partial charge in [-0.3, -0.25) is 0 Å². The summed E-state index contributed by atoms with van der Waals surface area (Å²) in [7, 11) is 2.11. The molecule has 0 aliphatic carbocycles. The van der Waals surface area contributed by atoms with Gasteiger partial charge in [0.25, 0.3) is 0 Å². The van der Waals surface area contributed by atoms with E-state index < -0.39 is 0 Å². The van der Waals surface area contributed by atoms with Crippen LogP contribution in [0.2, 0.25) is 0 Å². The molecule has 1 aliphatic rings. The number of piperazine rings is 1. The van der Waals surface area contributed by atoms with E-state index in [2.05, 4.69) is 32.1 Å². The first-order valence-corrected chi connectivity index (χ1v) is 6.12. The molecule has 0 bridgehead atoms. The van der Waals surface area contributed by atoms with Crippen LogP contribution in [0.4, 0.5) is 17.6 Å². The van der Waals surface area contributed by atoms with Crippen LogP contribution in [-0.4, -0.2) is 66.4 Å². The molecule has 7 nitrogen and oxygen atoms in total. The molecule has 1 aromatic heterocycles. The fourth-order valence-electron chi connectivity index (χ4n) is 1.90. The van der Waals surface area contributed by atoms with E-state index in [4.69, 9.17) is 10.8 Å². The molecular weight excluding hydrogens is 232 g/mol. The van der Waals surface area contributed by atoms with E-state index in [1.165, 1.54) is 0 Å². The summed E-state index contributed by atoms with van der Waals surface area (Å²) in [5.41, 5.74) is 5.77. The summed E-state index contributed by atoms with van der Waals surface area (Å²) >= 11 is 0. The molecule has 4 N–H and O–H groups in total. The van der Waals surface area contributed by atoms with Gasteiger partial charge in [-0.05, 0) is 7.05 Å². The van der Waals surface area contributed by atoms with E-state index in [0.717, 1.165) is 32.0 Å². The molecule has 7 heteroatoms. The van der Waals surface area contributed by atoms with E-state index in [-0.39, 0.29) is 6.61 Å². The average molecular weight is 252 g/mol. The van der Waals surface area contributed by atoms with E-state index in [0.29, 0.717) is 18.3 Å². The molecule has 2 rings (SSSR count). The van der Waals surface area contributed by atoms with E-state index in [1.807, 2.05) is 0 Å². The van der Waals surface area contributed by atoms with Crippen molar-refractivity contribution in [3.8, 4) is 0 Å². The summed E-state index contributed by atoms with van der Waals surface area (Å²) in [4.78, 5) is 13.0. The monoisotopic (exact) mass is 252 g/mol. The van der Waals surface area contributed by atoms with Crippen molar-refractivity contribution >= 4 is 17.6 Å². The molecule has 1 aromatic rings. The Morgan fingerprint density at radius 3 is 2.72 bits per heavy atom. The van der Waals surface area contributed by atoms with Gasteiger partial charge in [0.2, 0.25) is 5.95 Å². The zero-order chi connectivity index (χ0) is 13.0. The molecule has 0 saturated carbocycles. The molecule has 0 atom stereocenters. The zero-order valence-corrected chi connectivity index (χ0v) is 10.6. The fourth-order valence-corrected chi connectivity index (χ4v) is 1.90. The van der Waals surface area contributed by atoms with Crippen molar-refractivity contribution in [2.24, 2.45) is 0 Å². The van der Waals surface area contributed by atoms with Gasteiger partial charge in [-0.25, -0.2) is 0 Å². The summed E-state index contributed by atoms with van der Waals surface area (Å²) in [6.45, 7) is 4.37. The molecule has 0 unspecified atom stereocenters. The van der Waals surface area contributed by atoms with Crippen LogP contribution in [-0.2, 0) is 0 Å². The molecular formula is C11H20N6O. The Balaban J connectivity index is 2.09. The van der Waals surface area contributed by atoms with Crippen LogP contribution >= 0.6 is 0 Å². The second kappa shape index (κ2) is 5.83. The lowest BCUT2D eigenvalue weighted by molar-refractivity contribution is 0.310. The number of hydrogen-bond acceptors (Lipinski definition) is 7. The third-order valence-corrected chi connectivity index (χ3v) is 2.95. The SMILES string of the molecule is CN1CCN(c2cc(N)nc(NCCO)n2)CC1. The number of likely N-dealkylation sites (N-methyl/N-ethyl adjacent to an activating group) is 1. The number of nitrogens with two attached hydrogens (primary N) is 1. The average Bonchev–Trinajstić information content (AvgIpc) is 2.36. The van der Waals surface area contributed by atoms with Crippen molar-refractivity contribution in [3.63, 3.8) is 0 Å². The Kier molecular flexibility index (Phi) is 4.16. The number of aliphatic hydroxyl groups is 1. The number of hydrogen-bond donors (Lipinski definition) is 3. The van der Waals surface area contributed by atoms with Gasteiger partial charge in [0.15, 0.2) is 0 Å². The minimum atomic E-state index is 0.0437. The van der Waals surface area contributed by atoms with Gasteiger partial charge in [-0.1, -0.05) is 0 Å². The standard InChI is InChI=1S/C11H20N6O/c1-16-3-5-17(6-4-16)10-8-9(12)14-11(15-10)13-2-7-18/h8,18H,2-7H2,1H3,(H3,12,13,14,15). The maximum atomic E-state index is 8.78. The largest absolute Gasteiger partial charge is 0.395 e. The number of rotatable bonds is 4. The quantitative estimate of drug-likeness (QED) is 0.647. The predicted octanol–water partition coefficient (Wildman–Crippen LogP) is -0.785. The molecule has 0 amide bonds. The van der Waals surface area contributed by atoms with Gasteiger partial charge < -0.3 is 26.0 Å². The van der Waals surface area contributed by atoms with Gasteiger partial charge in [0.05, 0.1) is 6.61 Å². The Morgan fingerprint density at radius 1 is 1.33 bits per heavy atom. The van der Waals surface area contributed by atoms with Crippen molar-refractivity contribution < 1.29 is 5.11 Å². The van der Waals surface area contributed by atoms with E-state index in [9.17, 15) is 0 Å². The molecule has 0 radical (unpaired) electrons. The lowest BCUT2D eigenvalue weighted by atomic mass is 10.3. The maximum absolute atomic E-state index is 8.78. The Bertz CT molecular complexity index is 391. The highest BCUT2D eigenvalue weighted by molar-refractivity contribution is 5.51. The molecule has 0 spiro atoms. The van der Waals surface area contributed by atoms with Gasteiger partial charge in [0, 0.05) is 38.8 Å². The van der Waals surface area contributed by atoms with Crippen LogP contribution in [0.5, 0.6) is 0 Å². The lowest BCUT2D eigenvalue weighted by Gasteiger charge is -2.33. The zero-order valence-electron chi connectivity index (χ0n) is 10.6. The summed E-state index contributed by atoms with van der Waals surface area (Å²) in [6, 6.07) is 1.79. The summed E-state index contributed by atoms with van der Waals surface area (Å²) in [5.74, 6) is 1.76. The molecule has 2 heterocycles. The summed E-state index contributed by atoms with van der Waals surface area (Å²) < 4.78 is 0. The smallest absolute Gasteiger partial charge is 0.226 e. The van der Waals surface area contributed by atoms with Crippen molar-refractivity contribution in [2.45, 2.75) is 0 Å². The normalized spacial score (nSPS) is 16.9. The first kappa shape index (κ1) is 12.8. The van der Waals surface area contributed by atoms with Crippen LogP contribution in [0, 0.1) is 0 Å². The second-order valence-corrected chi connectivity index (χ2v) is 4.42. The van der Waals surface area contributed by atoms with E-state index in [1.54, 1.807) is 6.07 Å². The number of aliphatic hydroxyl groups excluding tert-OH is 1. The summed E-state index contributed by atoms with van der Waals surface area (Å²) in [5, 5.41) is 11.7. The van der Waals surface area contributed by atoms with Crippen molar-refractivity contribution in [3.05, 3.63) is 6.07 Å². The van der Waals surface area contributed by atoms with Gasteiger partial charge >= 0.3 is 0 Å². The molecule has 1 aliphatic heterocycles. The fraction of sp³-hybridized carbons (Fsp3) is 0.636. The van der Waals surface area contributed by atoms with Gasteiger partial charge in [0.1, 0.15) is 11.6 Å². The highest BCUT2D eigenvalue weighted by atomic mass is 16.3. The molecule has 1 fully saturated rings. The van der Waals surface area contributed by atoms with Crippen LogP contribution in [0.15, 0.2) is 6.07 Å².